The second-order valence-electron chi connectivity index (χ2n) is 7.46. The van der Waals surface area contributed by atoms with E-state index in [0.717, 1.165) is 29.6 Å². The van der Waals surface area contributed by atoms with Gasteiger partial charge in [-0.15, -0.1) is 0 Å². The molecule has 1 heteroatoms. The predicted octanol–water partition coefficient (Wildman–Crippen LogP) is 4.72. The molecule has 1 aliphatic carbocycles. The highest BCUT2D eigenvalue weighted by Crippen LogP contribution is 2.36. The first kappa shape index (κ1) is 16.0. The third-order valence-electron chi connectivity index (χ3n) is 4.48. The Balaban J connectivity index is 2.35. The first-order valence-corrected chi connectivity index (χ1v) is 8.19. The molecule has 1 aliphatic rings. The van der Waals surface area contributed by atoms with Gasteiger partial charge in [0, 0.05) is 0 Å². The van der Waals surface area contributed by atoms with E-state index in [1.54, 1.807) is 0 Å². The van der Waals surface area contributed by atoms with Gasteiger partial charge >= 0.3 is 0 Å². The van der Waals surface area contributed by atoms with E-state index < -0.39 is 0 Å². The smallest absolute Gasteiger partial charge is 0.00178 e. The normalized spacial score (nSPS) is 29.2. The van der Waals surface area contributed by atoms with Gasteiger partial charge in [0.1, 0.15) is 0 Å². The number of nitrogens with one attached hydrogen (secondary N) is 1. The van der Waals surface area contributed by atoms with E-state index in [9.17, 15) is 0 Å². The second-order valence-corrected chi connectivity index (χ2v) is 7.46. The maximum Gasteiger partial charge on any atom is -0.00178 e. The molecule has 1 nitrogen and oxygen atoms in total. The first-order valence-electron chi connectivity index (χ1n) is 8.19. The average molecular weight is 253 g/mol. The van der Waals surface area contributed by atoms with Crippen LogP contribution >= 0.6 is 0 Å². The monoisotopic (exact) mass is 253 g/mol. The van der Waals surface area contributed by atoms with Crippen LogP contribution in [0.4, 0.5) is 0 Å². The fourth-order valence-corrected chi connectivity index (χ4v) is 3.29. The highest BCUT2D eigenvalue weighted by atomic mass is 14.9. The van der Waals surface area contributed by atoms with E-state index in [4.69, 9.17) is 0 Å². The third kappa shape index (κ3) is 6.22. The van der Waals surface area contributed by atoms with E-state index in [1.165, 1.54) is 45.2 Å². The number of hydrogen-bond acceptors (Lipinski definition) is 1. The summed E-state index contributed by atoms with van der Waals surface area (Å²) in [5.74, 6) is 4.53. The molecule has 0 aromatic rings. The van der Waals surface area contributed by atoms with Crippen LogP contribution in [-0.2, 0) is 0 Å². The summed E-state index contributed by atoms with van der Waals surface area (Å²) in [6.07, 6.45) is 7.25. The van der Waals surface area contributed by atoms with Gasteiger partial charge in [0.05, 0.1) is 0 Å². The summed E-state index contributed by atoms with van der Waals surface area (Å²) in [6, 6.07) is 0. The molecule has 0 bridgehead atoms. The number of rotatable bonds is 7. The fraction of sp³-hybridized carbons (Fsp3) is 1.00. The van der Waals surface area contributed by atoms with E-state index >= 15 is 0 Å². The highest BCUT2D eigenvalue weighted by Gasteiger charge is 2.28. The van der Waals surface area contributed by atoms with E-state index in [1.807, 2.05) is 0 Å². The summed E-state index contributed by atoms with van der Waals surface area (Å²) in [7, 11) is 0. The molecular formula is C17H35N. The highest BCUT2D eigenvalue weighted by molar-refractivity contribution is 4.80. The fourth-order valence-electron chi connectivity index (χ4n) is 3.29. The summed E-state index contributed by atoms with van der Waals surface area (Å²) >= 11 is 0. The van der Waals surface area contributed by atoms with Crippen molar-refractivity contribution in [2.24, 2.45) is 29.6 Å². The second kappa shape index (κ2) is 8.19. The Bertz CT molecular complexity index is 210. The van der Waals surface area contributed by atoms with Gasteiger partial charge in [-0.25, -0.2) is 0 Å². The molecule has 18 heavy (non-hydrogen) atoms. The molecule has 108 valence electrons. The molecule has 0 amide bonds. The maximum absolute atomic E-state index is 3.69. The Hall–Kier alpha value is -0.0400. The lowest BCUT2D eigenvalue weighted by Gasteiger charge is -2.35. The largest absolute Gasteiger partial charge is 0.316 e. The Labute approximate surface area is 115 Å². The zero-order valence-electron chi connectivity index (χ0n) is 13.3. The Morgan fingerprint density at radius 3 is 2.33 bits per heavy atom. The van der Waals surface area contributed by atoms with Crippen LogP contribution in [0.5, 0.6) is 0 Å². The lowest BCUT2D eigenvalue weighted by atomic mass is 9.72. The van der Waals surface area contributed by atoms with Gasteiger partial charge in [-0.2, -0.15) is 0 Å². The minimum Gasteiger partial charge on any atom is -0.316 e. The quantitative estimate of drug-likeness (QED) is 0.692. The van der Waals surface area contributed by atoms with Crippen molar-refractivity contribution in [2.75, 3.05) is 13.1 Å². The molecule has 1 saturated carbocycles. The van der Waals surface area contributed by atoms with Crippen LogP contribution in [0.25, 0.3) is 0 Å². The molecule has 0 aliphatic heterocycles. The Morgan fingerprint density at radius 2 is 1.72 bits per heavy atom. The standard InChI is InChI=1S/C17H35N/c1-13(2)6-8-16-10-15(5)7-9-17(16)12-18-11-14(3)4/h13-18H,6-12H2,1-5H3. The molecule has 0 aromatic carbocycles. The first-order chi connectivity index (χ1) is 8.49. The summed E-state index contributed by atoms with van der Waals surface area (Å²) in [4.78, 5) is 0. The van der Waals surface area contributed by atoms with Gasteiger partial charge in [-0.1, -0.05) is 47.5 Å². The molecule has 0 spiro atoms. The van der Waals surface area contributed by atoms with Crippen molar-refractivity contribution in [1.29, 1.82) is 0 Å². The van der Waals surface area contributed by atoms with Crippen LogP contribution in [0.2, 0.25) is 0 Å². The SMILES string of the molecule is CC(C)CCC1CC(C)CCC1CNCC(C)C. The molecule has 1 rings (SSSR count). The van der Waals surface area contributed by atoms with Gasteiger partial charge in [-0.05, 0) is 61.9 Å². The minimum absolute atomic E-state index is 0.779. The van der Waals surface area contributed by atoms with Crippen molar-refractivity contribution < 1.29 is 0 Å². The summed E-state index contributed by atoms with van der Waals surface area (Å²) in [5, 5.41) is 3.69. The molecule has 1 fully saturated rings. The van der Waals surface area contributed by atoms with Crippen LogP contribution in [0, 0.1) is 29.6 Å². The molecule has 3 atom stereocenters. The van der Waals surface area contributed by atoms with E-state index in [0.29, 0.717) is 0 Å². The lowest BCUT2D eigenvalue weighted by molar-refractivity contribution is 0.167. The third-order valence-corrected chi connectivity index (χ3v) is 4.48. The molecule has 0 heterocycles. The average Bonchev–Trinajstić information content (AvgIpc) is 2.28. The Morgan fingerprint density at radius 1 is 1.00 bits per heavy atom. The predicted molar refractivity (Wildman–Crippen MR) is 81.8 cm³/mol. The maximum atomic E-state index is 3.69. The molecule has 0 aromatic heterocycles. The van der Waals surface area contributed by atoms with Crippen LogP contribution in [-0.4, -0.2) is 13.1 Å². The summed E-state index contributed by atoms with van der Waals surface area (Å²) in [6.45, 7) is 14.2. The topological polar surface area (TPSA) is 12.0 Å². The van der Waals surface area contributed by atoms with E-state index in [2.05, 4.69) is 39.9 Å². The lowest BCUT2D eigenvalue weighted by Crippen LogP contribution is -2.34. The van der Waals surface area contributed by atoms with Gasteiger partial charge < -0.3 is 5.32 Å². The van der Waals surface area contributed by atoms with Crippen LogP contribution < -0.4 is 5.32 Å². The van der Waals surface area contributed by atoms with Crippen LogP contribution in [0.1, 0.15) is 66.7 Å². The zero-order valence-corrected chi connectivity index (χ0v) is 13.3. The number of hydrogen-bond donors (Lipinski definition) is 1. The molecule has 1 N–H and O–H groups in total. The van der Waals surface area contributed by atoms with Crippen molar-refractivity contribution in [1.82, 2.24) is 5.32 Å². The van der Waals surface area contributed by atoms with Gasteiger partial charge in [-0.3, -0.25) is 0 Å². The van der Waals surface area contributed by atoms with Crippen molar-refractivity contribution in [3.05, 3.63) is 0 Å². The summed E-state index contributed by atoms with van der Waals surface area (Å²) in [5.41, 5.74) is 0. The van der Waals surface area contributed by atoms with Gasteiger partial charge in [0.25, 0.3) is 0 Å². The van der Waals surface area contributed by atoms with Crippen molar-refractivity contribution in [3.8, 4) is 0 Å². The Kier molecular flexibility index (Phi) is 7.29. The zero-order chi connectivity index (χ0) is 13.5. The van der Waals surface area contributed by atoms with Gasteiger partial charge in [0.15, 0.2) is 0 Å². The van der Waals surface area contributed by atoms with Crippen LogP contribution in [0.15, 0.2) is 0 Å². The van der Waals surface area contributed by atoms with Crippen molar-refractivity contribution >= 4 is 0 Å². The van der Waals surface area contributed by atoms with Crippen molar-refractivity contribution in [3.63, 3.8) is 0 Å². The summed E-state index contributed by atoms with van der Waals surface area (Å²) < 4.78 is 0. The van der Waals surface area contributed by atoms with E-state index in [-0.39, 0.29) is 0 Å². The van der Waals surface area contributed by atoms with Crippen molar-refractivity contribution in [2.45, 2.75) is 66.7 Å². The minimum atomic E-state index is 0.779. The molecular weight excluding hydrogens is 218 g/mol. The molecule has 0 saturated heterocycles. The van der Waals surface area contributed by atoms with Gasteiger partial charge in [0.2, 0.25) is 0 Å². The van der Waals surface area contributed by atoms with Crippen LogP contribution in [0.3, 0.4) is 0 Å². The molecule has 3 unspecified atom stereocenters. The molecule has 0 radical (unpaired) electrons.